The molecule has 3 aromatic heterocycles. The number of benzene rings is 1. The van der Waals surface area contributed by atoms with Crippen molar-refractivity contribution in [3.8, 4) is 11.3 Å². The molecule has 0 aliphatic heterocycles. The molecule has 0 spiro atoms. The predicted octanol–water partition coefficient (Wildman–Crippen LogP) is 2.49. The number of aromatic amines is 1. The molecule has 1 aromatic carbocycles. The lowest BCUT2D eigenvalue weighted by atomic mass is 10.1. The fourth-order valence-electron chi connectivity index (χ4n) is 3.68. The SMILES string of the molecule is Cc1nc2nc(N)nn2c(C)c1CC(=O)N(C)CCCc1cc(-c2cccc(F)c2)n[nH]1. The predicted molar refractivity (Wildman–Crippen MR) is 118 cm³/mol. The summed E-state index contributed by atoms with van der Waals surface area (Å²) in [5.74, 6) is 0.286. The standard InChI is InChI=1S/C22H25FN8O/c1-13-18(14(2)31-22(25-13)26-21(24)29-31)12-20(32)30(3)9-5-8-17-11-19(28-27-17)15-6-4-7-16(23)10-15/h4,6-7,10-11H,5,8-9,12H2,1-3H3,(H2,24,29)(H,27,28). The highest BCUT2D eigenvalue weighted by molar-refractivity contribution is 5.79. The van der Waals surface area contributed by atoms with Crippen molar-refractivity contribution < 1.29 is 9.18 Å². The van der Waals surface area contributed by atoms with E-state index in [1.165, 1.54) is 12.1 Å². The molecule has 0 atom stereocenters. The fourth-order valence-corrected chi connectivity index (χ4v) is 3.68. The molecule has 3 heterocycles. The van der Waals surface area contributed by atoms with E-state index in [2.05, 4.69) is 25.3 Å². The van der Waals surface area contributed by atoms with Crippen LogP contribution in [0.25, 0.3) is 17.0 Å². The van der Waals surface area contributed by atoms with Crippen LogP contribution in [-0.2, 0) is 17.6 Å². The van der Waals surface area contributed by atoms with E-state index >= 15 is 0 Å². The third kappa shape index (κ3) is 4.43. The number of nitrogens with two attached hydrogens (primary N) is 1. The molecular weight excluding hydrogens is 411 g/mol. The maximum absolute atomic E-state index is 13.4. The van der Waals surface area contributed by atoms with Crippen molar-refractivity contribution in [2.45, 2.75) is 33.1 Å². The Hall–Kier alpha value is -3.82. The van der Waals surface area contributed by atoms with Crippen molar-refractivity contribution in [3.05, 3.63) is 58.8 Å². The molecule has 4 rings (SSSR count). The topological polar surface area (TPSA) is 118 Å². The van der Waals surface area contributed by atoms with Gasteiger partial charge in [-0.25, -0.2) is 9.37 Å². The van der Waals surface area contributed by atoms with Crippen LogP contribution >= 0.6 is 0 Å². The molecule has 10 heteroatoms. The highest BCUT2D eigenvalue weighted by Gasteiger charge is 2.17. The van der Waals surface area contributed by atoms with Gasteiger partial charge in [-0.15, -0.1) is 5.10 Å². The van der Waals surface area contributed by atoms with Gasteiger partial charge in [0.15, 0.2) is 0 Å². The lowest BCUT2D eigenvalue weighted by Gasteiger charge is -2.18. The van der Waals surface area contributed by atoms with Crippen LogP contribution in [0.2, 0.25) is 0 Å². The molecule has 0 fully saturated rings. The van der Waals surface area contributed by atoms with Crippen molar-refractivity contribution in [2.75, 3.05) is 19.3 Å². The van der Waals surface area contributed by atoms with Gasteiger partial charge in [-0.3, -0.25) is 9.89 Å². The van der Waals surface area contributed by atoms with Gasteiger partial charge < -0.3 is 10.6 Å². The second-order valence-corrected chi connectivity index (χ2v) is 7.83. The van der Waals surface area contributed by atoms with Gasteiger partial charge in [0.1, 0.15) is 5.82 Å². The Labute approximate surface area is 184 Å². The van der Waals surface area contributed by atoms with E-state index in [1.807, 2.05) is 26.0 Å². The van der Waals surface area contributed by atoms with Gasteiger partial charge in [0.2, 0.25) is 11.9 Å². The molecule has 0 saturated carbocycles. The monoisotopic (exact) mass is 436 g/mol. The zero-order valence-corrected chi connectivity index (χ0v) is 18.3. The Morgan fingerprint density at radius 3 is 2.84 bits per heavy atom. The third-order valence-electron chi connectivity index (χ3n) is 5.51. The van der Waals surface area contributed by atoms with E-state index in [0.717, 1.165) is 41.1 Å². The summed E-state index contributed by atoms with van der Waals surface area (Å²) in [5, 5.41) is 11.4. The molecule has 166 valence electrons. The normalized spacial score (nSPS) is 11.2. The molecule has 9 nitrogen and oxygen atoms in total. The first-order chi connectivity index (χ1) is 15.3. The van der Waals surface area contributed by atoms with Crippen LogP contribution in [0.3, 0.4) is 0 Å². The zero-order chi connectivity index (χ0) is 22.8. The number of carbonyl (C=O) groups is 1. The Kier molecular flexibility index (Phi) is 5.85. The number of nitrogens with one attached hydrogen (secondary N) is 1. The summed E-state index contributed by atoms with van der Waals surface area (Å²) in [7, 11) is 1.79. The van der Waals surface area contributed by atoms with E-state index in [0.29, 0.717) is 18.0 Å². The van der Waals surface area contributed by atoms with Gasteiger partial charge in [-0.2, -0.15) is 14.6 Å². The number of aromatic nitrogens is 6. The van der Waals surface area contributed by atoms with E-state index in [-0.39, 0.29) is 24.1 Å². The number of H-pyrrole nitrogens is 1. The molecular formula is C22H25FN8O. The third-order valence-corrected chi connectivity index (χ3v) is 5.51. The maximum Gasteiger partial charge on any atom is 0.254 e. The van der Waals surface area contributed by atoms with E-state index in [1.54, 1.807) is 22.5 Å². The van der Waals surface area contributed by atoms with E-state index in [9.17, 15) is 9.18 Å². The molecule has 4 aromatic rings. The lowest BCUT2D eigenvalue weighted by molar-refractivity contribution is -0.129. The van der Waals surface area contributed by atoms with Crippen molar-refractivity contribution >= 4 is 17.6 Å². The minimum absolute atomic E-state index is 0.00417. The summed E-state index contributed by atoms with van der Waals surface area (Å²) in [6.07, 6.45) is 1.72. The summed E-state index contributed by atoms with van der Waals surface area (Å²) >= 11 is 0. The first-order valence-electron chi connectivity index (χ1n) is 10.3. The number of fused-ring (bicyclic) bond motifs is 1. The number of aryl methyl sites for hydroxylation is 3. The van der Waals surface area contributed by atoms with Gasteiger partial charge in [0.25, 0.3) is 5.78 Å². The molecule has 0 bridgehead atoms. The maximum atomic E-state index is 13.4. The number of hydrogen-bond donors (Lipinski definition) is 2. The Morgan fingerprint density at radius 2 is 2.06 bits per heavy atom. The zero-order valence-electron chi connectivity index (χ0n) is 18.3. The highest BCUT2D eigenvalue weighted by Crippen LogP contribution is 2.19. The average Bonchev–Trinajstić information content (AvgIpc) is 3.37. The Morgan fingerprint density at radius 1 is 1.25 bits per heavy atom. The summed E-state index contributed by atoms with van der Waals surface area (Å²) in [6.45, 7) is 4.33. The first kappa shape index (κ1) is 21.4. The summed E-state index contributed by atoms with van der Waals surface area (Å²) < 4.78 is 15.0. The minimum Gasteiger partial charge on any atom is -0.366 e. The Bertz CT molecular complexity index is 1280. The van der Waals surface area contributed by atoms with E-state index in [4.69, 9.17) is 5.73 Å². The number of nitrogen functional groups attached to an aromatic ring is 1. The Balaban J connectivity index is 1.34. The van der Waals surface area contributed by atoms with Gasteiger partial charge in [0, 0.05) is 41.8 Å². The van der Waals surface area contributed by atoms with Gasteiger partial charge in [-0.1, -0.05) is 12.1 Å². The van der Waals surface area contributed by atoms with Crippen LogP contribution in [-0.4, -0.2) is 54.2 Å². The number of anilines is 1. The quantitative estimate of drug-likeness (QED) is 0.460. The van der Waals surface area contributed by atoms with Crippen LogP contribution in [0.15, 0.2) is 30.3 Å². The van der Waals surface area contributed by atoms with Crippen molar-refractivity contribution in [3.63, 3.8) is 0 Å². The molecule has 0 aliphatic carbocycles. The fraction of sp³-hybridized carbons (Fsp3) is 0.318. The van der Waals surface area contributed by atoms with Crippen LogP contribution < -0.4 is 5.73 Å². The van der Waals surface area contributed by atoms with Crippen molar-refractivity contribution in [2.24, 2.45) is 0 Å². The van der Waals surface area contributed by atoms with Crippen LogP contribution in [0, 0.1) is 19.7 Å². The largest absolute Gasteiger partial charge is 0.366 e. The van der Waals surface area contributed by atoms with Crippen LogP contribution in [0.5, 0.6) is 0 Å². The second-order valence-electron chi connectivity index (χ2n) is 7.83. The number of likely N-dealkylation sites (N-methyl/N-ethyl adjacent to an activating group) is 1. The van der Waals surface area contributed by atoms with Gasteiger partial charge in [0.05, 0.1) is 12.1 Å². The molecule has 0 unspecified atom stereocenters. The van der Waals surface area contributed by atoms with Crippen LogP contribution in [0.4, 0.5) is 10.3 Å². The second kappa shape index (κ2) is 8.74. The molecule has 1 amide bonds. The van der Waals surface area contributed by atoms with Crippen molar-refractivity contribution in [1.29, 1.82) is 0 Å². The molecule has 32 heavy (non-hydrogen) atoms. The summed E-state index contributed by atoms with van der Waals surface area (Å²) in [4.78, 5) is 23.0. The number of halogens is 1. The van der Waals surface area contributed by atoms with Crippen LogP contribution in [0.1, 0.15) is 29.1 Å². The number of hydrogen-bond acceptors (Lipinski definition) is 6. The lowest BCUT2D eigenvalue weighted by Crippen LogP contribution is -2.30. The number of carbonyl (C=O) groups excluding carboxylic acids is 1. The molecule has 3 N–H and O–H groups in total. The molecule has 0 aliphatic rings. The number of amides is 1. The molecule has 0 saturated heterocycles. The smallest absolute Gasteiger partial charge is 0.254 e. The number of nitrogens with zero attached hydrogens (tertiary/aromatic N) is 6. The average molecular weight is 436 g/mol. The van der Waals surface area contributed by atoms with Gasteiger partial charge >= 0.3 is 0 Å². The first-order valence-corrected chi connectivity index (χ1v) is 10.3. The van der Waals surface area contributed by atoms with E-state index < -0.39 is 0 Å². The summed E-state index contributed by atoms with van der Waals surface area (Å²) in [6, 6.07) is 8.25. The highest BCUT2D eigenvalue weighted by atomic mass is 19.1. The number of rotatable bonds is 7. The van der Waals surface area contributed by atoms with Crippen molar-refractivity contribution in [1.82, 2.24) is 34.7 Å². The molecule has 0 radical (unpaired) electrons. The van der Waals surface area contributed by atoms with Gasteiger partial charge in [-0.05, 0) is 44.9 Å². The summed E-state index contributed by atoms with van der Waals surface area (Å²) in [5.41, 5.74) is 10.4. The minimum atomic E-state index is -0.292.